The Bertz CT molecular complexity index is 1070. The third-order valence-electron chi connectivity index (χ3n) is 6.91. The molecule has 1 N–H and O–H groups in total. The standard InChI is InChI=1S/C30H40Cl2N2O4/c1-4-26(30(36)33-23-10-8-7-9-11-23)34(20-22-12-15-24(31)25(32)18-22)29(35)17-14-21-13-16-27(37-5-2)28(19-21)38-6-3/h12-13,15-16,18-19,23,26H,4-11,14,17,20H2,1-3H3,(H,33,36). The van der Waals surface area contributed by atoms with Gasteiger partial charge in [0.2, 0.25) is 11.8 Å². The van der Waals surface area contributed by atoms with Crippen LogP contribution in [0.4, 0.5) is 0 Å². The van der Waals surface area contributed by atoms with Gasteiger partial charge >= 0.3 is 0 Å². The predicted molar refractivity (Wildman–Crippen MR) is 153 cm³/mol. The number of nitrogens with zero attached hydrogens (tertiary/aromatic N) is 1. The van der Waals surface area contributed by atoms with Gasteiger partial charge < -0.3 is 19.7 Å². The fraction of sp³-hybridized carbons (Fsp3) is 0.533. The molecule has 6 nitrogen and oxygen atoms in total. The zero-order valence-electron chi connectivity index (χ0n) is 22.7. The van der Waals surface area contributed by atoms with Crippen LogP contribution in [0.15, 0.2) is 36.4 Å². The van der Waals surface area contributed by atoms with Gasteiger partial charge in [0.25, 0.3) is 0 Å². The number of rotatable bonds is 13. The van der Waals surface area contributed by atoms with Crippen molar-refractivity contribution in [1.82, 2.24) is 10.2 Å². The van der Waals surface area contributed by atoms with Crippen LogP contribution >= 0.6 is 23.2 Å². The van der Waals surface area contributed by atoms with Crippen LogP contribution in [0.2, 0.25) is 10.0 Å². The second kappa shape index (κ2) is 15.2. The van der Waals surface area contributed by atoms with Gasteiger partial charge in [0.05, 0.1) is 23.3 Å². The molecule has 1 unspecified atom stereocenters. The maximum Gasteiger partial charge on any atom is 0.243 e. The number of ether oxygens (including phenoxy) is 2. The summed E-state index contributed by atoms with van der Waals surface area (Å²) in [6.45, 7) is 7.15. The van der Waals surface area contributed by atoms with Crippen molar-refractivity contribution in [3.63, 3.8) is 0 Å². The summed E-state index contributed by atoms with van der Waals surface area (Å²) in [4.78, 5) is 28.8. The average Bonchev–Trinajstić information content (AvgIpc) is 2.91. The van der Waals surface area contributed by atoms with Crippen molar-refractivity contribution < 1.29 is 19.1 Å². The van der Waals surface area contributed by atoms with E-state index in [1.54, 1.807) is 17.0 Å². The Morgan fingerprint density at radius 3 is 2.26 bits per heavy atom. The van der Waals surface area contributed by atoms with Gasteiger partial charge in [-0.25, -0.2) is 0 Å². The van der Waals surface area contributed by atoms with Gasteiger partial charge in [-0.05, 0) is 74.9 Å². The van der Waals surface area contributed by atoms with Crippen LogP contribution in [0.3, 0.4) is 0 Å². The molecule has 208 valence electrons. The van der Waals surface area contributed by atoms with Crippen LogP contribution in [-0.2, 0) is 22.6 Å². The Morgan fingerprint density at radius 2 is 1.61 bits per heavy atom. The van der Waals surface area contributed by atoms with E-state index in [1.807, 2.05) is 45.0 Å². The summed E-state index contributed by atoms with van der Waals surface area (Å²) in [5, 5.41) is 4.09. The minimum absolute atomic E-state index is 0.0893. The van der Waals surface area contributed by atoms with E-state index < -0.39 is 6.04 Å². The fourth-order valence-electron chi connectivity index (χ4n) is 4.94. The lowest BCUT2D eigenvalue weighted by molar-refractivity contribution is -0.141. The fourth-order valence-corrected chi connectivity index (χ4v) is 5.27. The molecule has 0 radical (unpaired) electrons. The molecule has 1 atom stereocenters. The average molecular weight is 564 g/mol. The van der Waals surface area contributed by atoms with Crippen molar-refractivity contribution >= 4 is 35.0 Å². The lowest BCUT2D eigenvalue weighted by Crippen LogP contribution is -2.51. The molecule has 0 aromatic heterocycles. The minimum atomic E-state index is -0.571. The molecular formula is C30H40Cl2N2O4. The highest BCUT2D eigenvalue weighted by Gasteiger charge is 2.30. The van der Waals surface area contributed by atoms with Crippen molar-refractivity contribution in [1.29, 1.82) is 0 Å². The van der Waals surface area contributed by atoms with E-state index in [-0.39, 0.29) is 30.8 Å². The van der Waals surface area contributed by atoms with E-state index in [9.17, 15) is 9.59 Å². The number of benzene rings is 2. The summed E-state index contributed by atoms with van der Waals surface area (Å²) < 4.78 is 11.4. The van der Waals surface area contributed by atoms with E-state index in [4.69, 9.17) is 32.7 Å². The highest BCUT2D eigenvalue weighted by Crippen LogP contribution is 2.29. The van der Waals surface area contributed by atoms with E-state index in [2.05, 4.69) is 5.32 Å². The zero-order chi connectivity index (χ0) is 27.5. The lowest BCUT2D eigenvalue weighted by atomic mass is 9.95. The second-order valence-electron chi connectivity index (χ2n) is 9.68. The van der Waals surface area contributed by atoms with E-state index in [1.165, 1.54) is 6.42 Å². The third kappa shape index (κ3) is 8.54. The summed E-state index contributed by atoms with van der Waals surface area (Å²) >= 11 is 12.4. The van der Waals surface area contributed by atoms with Crippen molar-refractivity contribution in [3.05, 3.63) is 57.6 Å². The predicted octanol–water partition coefficient (Wildman–Crippen LogP) is 6.98. The maximum atomic E-state index is 13.7. The van der Waals surface area contributed by atoms with Gasteiger partial charge in [-0.15, -0.1) is 0 Å². The molecule has 0 heterocycles. The summed E-state index contributed by atoms with van der Waals surface area (Å²) in [5.74, 6) is 1.18. The maximum absolute atomic E-state index is 13.7. The molecule has 38 heavy (non-hydrogen) atoms. The Morgan fingerprint density at radius 1 is 0.921 bits per heavy atom. The molecule has 2 aromatic carbocycles. The SMILES string of the molecule is CCOc1ccc(CCC(=O)N(Cc2ccc(Cl)c(Cl)c2)C(CC)C(=O)NC2CCCCC2)cc1OCC. The first-order chi connectivity index (χ1) is 18.4. The number of carbonyl (C=O) groups excluding carboxylic acids is 2. The normalized spacial score (nSPS) is 14.6. The molecule has 2 amide bonds. The number of aryl methyl sites for hydroxylation is 1. The number of hydrogen-bond acceptors (Lipinski definition) is 4. The number of nitrogens with one attached hydrogen (secondary N) is 1. The quantitative estimate of drug-likeness (QED) is 0.286. The monoisotopic (exact) mass is 562 g/mol. The van der Waals surface area contributed by atoms with Gasteiger partial charge in [-0.1, -0.05) is 61.5 Å². The largest absolute Gasteiger partial charge is 0.490 e. The first-order valence-electron chi connectivity index (χ1n) is 13.8. The Hall–Kier alpha value is -2.44. The number of amides is 2. The smallest absolute Gasteiger partial charge is 0.243 e. The topological polar surface area (TPSA) is 67.9 Å². The molecule has 0 spiro atoms. The molecule has 1 saturated carbocycles. The summed E-state index contributed by atoms with van der Waals surface area (Å²) in [6.07, 6.45) is 6.73. The second-order valence-corrected chi connectivity index (χ2v) is 10.5. The molecule has 1 aliphatic rings. The summed E-state index contributed by atoms with van der Waals surface area (Å²) in [6, 6.07) is 10.7. The van der Waals surface area contributed by atoms with Gasteiger partial charge in [-0.2, -0.15) is 0 Å². The van der Waals surface area contributed by atoms with Crippen molar-refractivity contribution in [2.24, 2.45) is 0 Å². The number of hydrogen-bond donors (Lipinski definition) is 1. The number of halogens is 2. The molecule has 8 heteroatoms. The van der Waals surface area contributed by atoms with Gasteiger partial charge in [0, 0.05) is 19.0 Å². The van der Waals surface area contributed by atoms with E-state index >= 15 is 0 Å². The Balaban J connectivity index is 1.79. The van der Waals surface area contributed by atoms with Crippen molar-refractivity contribution in [2.45, 2.75) is 90.8 Å². The van der Waals surface area contributed by atoms with Crippen LogP contribution in [-0.4, -0.2) is 42.0 Å². The Labute approximate surface area is 237 Å². The molecular weight excluding hydrogens is 523 g/mol. The molecule has 3 rings (SSSR count). The third-order valence-corrected chi connectivity index (χ3v) is 7.65. The molecule has 2 aromatic rings. The first kappa shape index (κ1) is 30.1. The van der Waals surface area contributed by atoms with Gasteiger partial charge in [0.1, 0.15) is 6.04 Å². The number of carbonyl (C=O) groups is 2. The van der Waals surface area contributed by atoms with Crippen LogP contribution in [0.5, 0.6) is 11.5 Å². The highest BCUT2D eigenvalue weighted by atomic mass is 35.5. The highest BCUT2D eigenvalue weighted by molar-refractivity contribution is 6.42. The van der Waals surface area contributed by atoms with E-state index in [0.29, 0.717) is 47.6 Å². The van der Waals surface area contributed by atoms with Crippen molar-refractivity contribution in [2.75, 3.05) is 13.2 Å². The van der Waals surface area contributed by atoms with Crippen LogP contribution in [0.1, 0.15) is 76.8 Å². The lowest BCUT2D eigenvalue weighted by Gasteiger charge is -2.33. The molecule has 1 fully saturated rings. The van der Waals surface area contributed by atoms with Crippen molar-refractivity contribution in [3.8, 4) is 11.5 Å². The first-order valence-corrected chi connectivity index (χ1v) is 14.5. The molecule has 0 bridgehead atoms. The molecule has 0 aliphatic heterocycles. The molecule has 0 saturated heterocycles. The molecule has 1 aliphatic carbocycles. The van der Waals surface area contributed by atoms with Crippen LogP contribution in [0, 0.1) is 0 Å². The Kier molecular flexibility index (Phi) is 12.1. The zero-order valence-corrected chi connectivity index (χ0v) is 24.2. The van der Waals surface area contributed by atoms with E-state index in [0.717, 1.165) is 36.8 Å². The van der Waals surface area contributed by atoms with Crippen LogP contribution < -0.4 is 14.8 Å². The summed E-state index contributed by atoms with van der Waals surface area (Å²) in [7, 11) is 0. The van der Waals surface area contributed by atoms with Gasteiger partial charge in [-0.3, -0.25) is 9.59 Å². The minimum Gasteiger partial charge on any atom is -0.490 e. The van der Waals surface area contributed by atoms with Crippen LogP contribution in [0.25, 0.3) is 0 Å². The van der Waals surface area contributed by atoms with Gasteiger partial charge in [0.15, 0.2) is 11.5 Å². The summed E-state index contributed by atoms with van der Waals surface area (Å²) in [5.41, 5.74) is 1.80.